The highest BCUT2D eigenvalue weighted by atomic mass is 32.1. The van der Waals surface area contributed by atoms with Gasteiger partial charge < -0.3 is 10.2 Å². The molecule has 0 aliphatic carbocycles. The predicted molar refractivity (Wildman–Crippen MR) is 92.4 cm³/mol. The monoisotopic (exact) mass is 300 g/mol. The van der Waals surface area contributed by atoms with Gasteiger partial charge in [-0.2, -0.15) is 0 Å². The second kappa shape index (κ2) is 6.63. The highest BCUT2D eigenvalue weighted by Crippen LogP contribution is 2.27. The van der Waals surface area contributed by atoms with Gasteiger partial charge in [0.1, 0.15) is 0 Å². The van der Waals surface area contributed by atoms with Crippen molar-refractivity contribution < 1.29 is 0 Å². The number of hydrogen-bond acceptors (Lipinski definition) is 3. The molecule has 1 aromatic heterocycles. The molecule has 0 saturated heterocycles. The molecule has 0 bridgehead atoms. The van der Waals surface area contributed by atoms with Crippen LogP contribution >= 0.6 is 11.3 Å². The predicted octanol–water partition coefficient (Wildman–Crippen LogP) is 4.16. The molecule has 1 N–H and O–H groups in total. The molecule has 1 unspecified atom stereocenters. The minimum absolute atomic E-state index is 0.467. The Morgan fingerprint density at radius 2 is 2.10 bits per heavy atom. The molecule has 2 aromatic rings. The number of rotatable bonds is 6. The summed E-state index contributed by atoms with van der Waals surface area (Å²) in [4.78, 5) is 5.36. The van der Waals surface area contributed by atoms with Crippen molar-refractivity contribution in [2.75, 3.05) is 24.5 Å². The summed E-state index contributed by atoms with van der Waals surface area (Å²) in [6.45, 7) is 7.85. The lowest BCUT2D eigenvalue weighted by Gasteiger charge is -2.20. The van der Waals surface area contributed by atoms with Gasteiger partial charge in [0.15, 0.2) is 0 Å². The third-order valence-corrected chi connectivity index (χ3v) is 5.41. The first-order valence-electron chi connectivity index (χ1n) is 7.86. The van der Waals surface area contributed by atoms with E-state index < -0.39 is 0 Å². The van der Waals surface area contributed by atoms with Crippen molar-refractivity contribution in [1.29, 1.82) is 0 Å². The molecule has 21 heavy (non-hydrogen) atoms. The van der Waals surface area contributed by atoms with E-state index in [1.165, 1.54) is 40.4 Å². The third kappa shape index (κ3) is 3.47. The molecular weight excluding hydrogens is 276 g/mol. The molecule has 112 valence electrons. The number of nitrogens with one attached hydrogen (secondary N) is 1. The van der Waals surface area contributed by atoms with Crippen molar-refractivity contribution in [3.05, 3.63) is 51.7 Å². The van der Waals surface area contributed by atoms with Gasteiger partial charge in [-0.05, 0) is 57.0 Å². The maximum Gasteiger partial charge on any atom is 0.0399 e. The molecule has 1 atom stereocenters. The lowest BCUT2D eigenvalue weighted by atomic mass is 10.2. The maximum absolute atomic E-state index is 3.64. The molecule has 2 heterocycles. The van der Waals surface area contributed by atoms with Gasteiger partial charge in [0, 0.05) is 34.6 Å². The van der Waals surface area contributed by atoms with E-state index in [4.69, 9.17) is 0 Å². The van der Waals surface area contributed by atoms with E-state index >= 15 is 0 Å². The summed E-state index contributed by atoms with van der Waals surface area (Å²) in [5.41, 5.74) is 2.95. The average molecular weight is 300 g/mol. The van der Waals surface area contributed by atoms with E-state index in [0.717, 1.165) is 13.1 Å². The van der Waals surface area contributed by atoms with Crippen molar-refractivity contribution in [3.8, 4) is 0 Å². The third-order valence-electron chi connectivity index (χ3n) is 4.23. The van der Waals surface area contributed by atoms with Crippen molar-refractivity contribution in [2.45, 2.75) is 32.7 Å². The van der Waals surface area contributed by atoms with Gasteiger partial charge in [0.25, 0.3) is 0 Å². The van der Waals surface area contributed by atoms with Crippen LogP contribution in [0.2, 0.25) is 0 Å². The number of anilines is 1. The minimum Gasteiger partial charge on any atom is -0.371 e. The summed E-state index contributed by atoms with van der Waals surface area (Å²) in [6, 6.07) is 13.7. The highest BCUT2D eigenvalue weighted by molar-refractivity contribution is 7.12. The molecule has 0 fully saturated rings. The van der Waals surface area contributed by atoms with Crippen LogP contribution in [0.1, 0.15) is 34.7 Å². The van der Waals surface area contributed by atoms with Crippen LogP contribution in [-0.2, 0) is 6.42 Å². The Hall–Kier alpha value is -1.32. The molecule has 3 heteroatoms. The topological polar surface area (TPSA) is 15.3 Å². The van der Waals surface area contributed by atoms with E-state index in [0.29, 0.717) is 6.04 Å². The van der Waals surface area contributed by atoms with Crippen LogP contribution in [0.25, 0.3) is 0 Å². The van der Waals surface area contributed by atoms with E-state index in [-0.39, 0.29) is 0 Å². The van der Waals surface area contributed by atoms with Crippen LogP contribution < -0.4 is 10.2 Å². The van der Waals surface area contributed by atoms with Crippen LogP contribution in [0.15, 0.2) is 36.4 Å². The minimum atomic E-state index is 0.467. The Morgan fingerprint density at radius 3 is 2.90 bits per heavy atom. The average Bonchev–Trinajstić information content (AvgIpc) is 3.10. The van der Waals surface area contributed by atoms with E-state index in [1.807, 2.05) is 11.3 Å². The molecule has 1 aliphatic rings. The summed E-state index contributed by atoms with van der Waals surface area (Å²) < 4.78 is 0. The van der Waals surface area contributed by atoms with Crippen molar-refractivity contribution >= 4 is 17.0 Å². The summed E-state index contributed by atoms with van der Waals surface area (Å²) in [5.74, 6) is 0. The first kappa shape index (κ1) is 14.6. The van der Waals surface area contributed by atoms with Gasteiger partial charge in [0.2, 0.25) is 0 Å². The quantitative estimate of drug-likeness (QED) is 0.806. The van der Waals surface area contributed by atoms with Gasteiger partial charge in [-0.1, -0.05) is 18.2 Å². The molecule has 0 saturated carbocycles. The highest BCUT2D eigenvalue weighted by Gasteiger charge is 2.17. The number of fused-ring (bicyclic) bond motifs is 1. The number of benzene rings is 1. The first-order valence-corrected chi connectivity index (χ1v) is 8.68. The van der Waals surface area contributed by atoms with Crippen LogP contribution in [-0.4, -0.2) is 19.6 Å². The van der Waals surface area contributed by atoms with Crippen molar-refractivity contribution in [2.24, 2.45) is 0 Å². The van der Waals surface area contributed by atoms with Crippen molar-refractivity contribution in [1.82, 2.24) is 5.32 Å². The Morgan fingerprint density at radius 1 is 1.24 bits per heavy atom. The fourth-order valence-electron chi connectivity index (χ4n) is 3.01. The number of aryl methyl sites for hydroxylation is 1. The van der Waals surface area contributed by atoms with Gasteiger partial charge in [0.05, 0.1) is 0 Å². The molecule has 0 spiro atoms. The number of thiophene rings is 1. The Balaban J connectivity index is 1.43. The van der Waals surface area contributed by atoms with Crippen LogP contribution in [0.5, 0.6) is 0 Å². The Bertz CT molecular complexity index is 590. The molecule has 0 radical (unpaired) electrons. The van der Waals surface area contributed by atoms with E-state index in [2.05, 4.69) is 60.5 Å². The Labute approximate surface area is 131 Å². The molecule has 0 amide bonds. The summed E-state index contributed by atoms with van der Waals surface area (Å²) >= 11 is 1.90. The van der Waals surface area contributed by atoms with Crippen LogP contribution in [0, 0.1) is 6.92 Å². The zero-order valence-electron chi connectivity index (χ0n) is 12.9. The second-order valence-corrected chi connectivity index (χ2v) is 7.16. The SMILES string of the molecule is Cc1ccc(C(C)NCCCN2CCc3ccccc32)s1. The fourth-order valence-corrected chi connectivity index (χ4v) is 3.92. The fraction of sp³-hybridized carbons (Fsp3) is 0.444. The smallest absolute Gasteiger partial charge is 0.0399 e. The molecule has 1 aliphatic heterocycles. The molecule has 3 rings (SSSR count). The van der Waals surface area contributed by atoms with Gasteiger partial charge in [-0.25, -0.2) is 0 Å². The van der Waals surface area contributed by atoms with E-state index in [1.54, 1.807) is 0 Å². The normalized spacial score (nSPS) is 15.2. The zero-order chi connectivity index (χ0) is 14.7. The maximum atomic E-state index is 3.64. The van der Waals surface area contributed by atoms with Crippen LogP contribution in [0.4, 0.5) is 5.69 Å². The van der Waals surface area contributed by atoms with Crippen LogP contribution in [0.3, 0.4) is 0 Å². The van der Waals surface area contributed by atoms with E-state index in [9.17, 15) is 0 Å². The standard InChI is InChI=1S/C18H24N2S/c1-14-8-9-18(21-14)15(2)19-11-5-12-20-13-10-16-6-3-4-7-17(16)20/h3-4,6-9,15,19H,5,10-13H2,1-2H3. The van der Waals surface area contributed by atoms with Gasteiger partial charge >= 0.3 is 0 Å². The number of nitrogens with zero attached hydrogens (tertiary/aromatic N) is 1. The number of hydrogen-bond donors (Lipinski definition) is 1. The largest absolute Gasteiger partial charge is 0.371 e. The van der Waals surface area contributed by atoms with Gasteiger partial charge in [-0.3, -0.25) is 0 Å². The summed E-state index contributed by atoms with van der Waals surface area (Å²) in [6.07, 6.45) is 2.40. The zero-order valence-corrected chi connectivity index (χ0v) is 13.7. The Kier molecular flexibility index (Phi) is 4.61. The first-order chi connectivity index (χ1) is 10.2. The molecule has 1 aromatic carbocycles. The summed E-state index contributed by atoms with van der Waals surface area (Å²) in [5, 5.41) is 3.64. The number of para-hydroxylation sites is 1. The second-order valence-electron chi connectivity index (χ2n) is 5.84. The molecule has 2 nitrogen and oxygen atoms in total. The van der Waals surface area contributed by atoms with Gasteiger partial charge in [-0.15, -0.1) is 11.3 Å². The lowest BCUT2D eigenvalue weighted by Crippen LogP contribution is -2.26. The molecular formula is C18H24N2S. The summed E-state index contributed by atoms with van der Waals surface area (Å²) in [7, 11) is 0. The lowest BCUT2D eigenvalue weighted by molar-refractivity contribution is 0.562. The van der Waals surface area contributed by atoms with Crippen molar-refractivity contribution in [3.63, 3.8) is 0 Å².